The maximum atomic E-state index is 13.8. The molecule has 2 amide bonds. The van der Waals surface area contributed by atoms with E-state index in [4.69, 9.17) is 10.7 Å². The van der Waals surface area contributed by atoms with Gasteiger partial charge in [0.05, 0.1) is 12.5 Å². The van der Waals surface area contributed by atoms with E-state index in [1.165, 1.54) is 34.4 Å². The topological polar surface area (TPSA) is 91.9 Å². The number of nitrogens with two attached hydrogens (primary N) is 1. The van der Waals surface area contributed by atoms with Crippen molar-refractivity contribution in [2.24, 2.45) is 16.6 Å². The first-order valence-electron chi connectivity index (χ1n) is 11.0. The van der Waals surface area contributed by atoms with Gasteiger partial charge in [0.1, 0.15) is 11.4 Å². The zero-order chi connectivity index (χ0) is 24.7. The number of aromatic nitrogens is 1. The van der Waals surface area contributed by atoms with Gasteiger partial charge in [-0.1, -0.05) is 12.0 Å². The van der Waals surface area contributed by atoms with Crippen molar-refractivity contribution in [2.45, 2.75) is 12.5 Å². The van der Waals surface area contributed by atoms with Crippen molar-refractivity contribution >= 4 is 29.1 Å². The Bertz CT molecular complexity index is 1440. The standard InChI is InChI=1S/C26H22FN5O2S/c1-3-5-16-8-18(12-29-11-16)19-10-22(35-14-19)26-15-32(23(33)17-6-4-7-20(27)9-17)13-21(26)24(34)31(2)25(28)30-26/h4,6-12,14,21H,13,15H2,1-2H3,(H2,28,30)/t21?,26-/m0/s1. The van der Waals surface area contributed by atoms with Crippen LogP contribution in [0.3, 0.4) is 0 Å². The van der Waals surface area contributed by atoms with Crippen LogP contribution in [0.4, 0.5) is 4.39 Å². The van der Waals surface area contributed by atoms with E-state index in [0.717, 1.165) is 21.6 Å². The smallest absolute Gasteiger partial charge is 0.254 e. The molecule has 2 aliphatic heterocycles. The van der Waals surface area contributed by atoms with Crippen LogP contribution in [0, 0.1) is 23.6 Å². The molecule has 2 aliphatic rings. The van der Waals surface area contributed by atoms with Crippen LogP contribution in [-0.2, 0) is 10.3 Å². The Morgan fingerprint density at radius 3 is 2.86 bits per heavy atom. The number of guanidine groups is 1. The van der Waals surface area contributed by atoms with Crippen LogP contribution in [0.1, 0.15) is 27.7 Å². The minimum Gasteiger partial charge on any atom is -0.369 e. The lowest BCUT2D eigenvalue weighted by Gasteiger charge is -2.36. The molecule has 7 nitrogen and oxygen atoms in total. The second-order valence-corrected chi connectivity index (χ2v) is 9.49. The number of aliphatic imine (C=N–C) groups is 1. The fourth-order valence-electron chi connectivity index (χ4n) is 4.65. The Morgan fingerprint density at radius 1 is 1.26 bits per heavy atom. The molecule has 2 aromatic heterocycles. The molecule has 176 valence electrons. The van der Waals surface area contributed by atoms with Gasteiger partial charge in [-0.3, -0.25) is 19.5 Å². The van der Waals surface area contributed by atoms with Crippen molar-refractivity contribution in [3.8, 4) is 23.0 Å². The summed E-state index contributed by atoms with van der Waals surface area (Å²) in [7, 11) is 1.58. The van der Waals surface area contributed by atoms with Crippen LogP contribution < -0.4 is 5.73 Å². The molecule has 0 aliphatic carbocycles. The number of fused-ring (bicyclic) bond motifs is 1. The minimum atomic E-state index is -1.02. The monoisotopic (exact) mass is 487 g/mol. The van der Waals surface area contributed by atoms with Gasteiger partial charge in [-0.2, -0.15) is 0 Å². The molecule has 5 rings (SSSR count). The number of likely N-dealkylation sites (tertiary alicyclic amines) is 1. The van der Waals surface area contributed by atoms with Gasteiger partial charge in [-0.25, -0.2) is 9.38 Å². The van der Waals surface area contributed by atoms with Crippen molar-refractivity contribution in [1.29, 1.82) is 0 Å². The van der Waals surface area contributed by atoms with E-state index < -0.39 is 17.3 Å². The molecule has 35 heavy (non-hydrogen) atoms. The Kier molecular flexibility index (Phi) is 5.61. The van der Waals surface area contributed by atoms with Crippen LogP contribution in [0.15, 0.2) is 59.2 Å². The SMILES string of the molecule is CC#Cc1cncc(-c2csc([C@]34CN(C(=O)c5cccc(F)c5)CC3C(=O)N(C)C(N)=N4)c2)c1. The van der Waals surface area contributed by atoms with Crippen LogP contribution in [0.2, 0.25) is 0 Å². The summed E-state index contributed by atoms with van der Waals surface area (Å²) in [5.41, 5.74) is 7.97. The summed E-state index contributed by atoms with van der Waals surface area (Å²) in [4.78, 5) is 39.3. The van der Waals surface area contributed by atoms with Gasteiger partial charge in [0, 0.05) is 47.6 Å². The highest BCUT2D eigenvalue weighted by Crippen LogP contribution is 2.47. The second-order valence-electron chi connectivity index (χ2n) is 8.58. The van der Waals surface area contributed by atoms with E-state index in [2.05, 4.69) is 16.8 Å². The number of hydrogen-bond acceptors (Lipinski definition) is 6. The van der Waals surface area contributed by atoms with Gasteiger partial charge >= 0.3 is 0 Å². The van der Waals surface area contributed by atoms with Gasteiger partial charge < -0.3 is 10.6 Å². The van der Waals surface area contributed by atoms with Crippen molar-refractivity contribution in [3.05, 3.63) is 76.0 Å². The van der Waals surface area contributed by atoms with Gasteiger partial charge in [0.25, 0.3) is 5.91 Å². The zero-order valence-corrected chi connectivity index (χ0v) is 20.0. The molecule has 1 fully saturated rings. The first-order valence-corrected chi connectivity index (χ1v) is 11.9. The predicted octanol–water partition coefficient (Wildman–Crippen LogP) is 3.07. The van der Waals surface area contributed by atoms with Crippen LogP contribution in [0.25, 0.3) is 11.1 Å². The normalized spacial score (nSPS) is 21.3. The molecule has 0 saturated carbocycles. The summed E-state index contributed by atoms with van der Waals surface area (Å²) in [5, 5.41) is 1.98. The van der Waals surface area contributed by atoms with E-state index in [9.17, 15) is 14.0 Å². The number of thiophene rings is 1. The second kappa shape index (κ2) is 8.64. The minimum absolute atomic E-state index is 0.100. The Labute approximate surface area is 206 Å². The number of carbonyl (C=O) groups is 2. The van der Waals surface area contributed by atoms with Gasteiger partial charge in [0.15, 0.2) is 5.96 Å². The van der Waals surface area contributed by atoms with E-state index in [1.807, 2.05) is 17.5 Å². The summed E-state index contributed by atoms with van der Waals surface area (Å²) in [6.07, 6.45) is 3.46. The van der Waals surface area contributed by atoms with E-state index in [-0.39, 0.29) is 36.4 Å². The quantitative estimate of drug-likeness (QED) is 0.575. The number of pyridine rings is 1. The van der Waals surface area contributed by atoms with Crippen molar-refractivity contribution < 1.29 is 14.0 Å². The number of amides is 2. The van der Waals surface area contributed by atoms with Crippen LogP contribution in [-0.4, -0.2) is 52.7 Å². The van der Waals surface area contributed by atoms with Crippen molar-refractivity contribution in [2.75, 3.05) is 20.1 Å². The maximum absolute atomic E-state index is 13.8. The highest BCUT2D eigenvalue weighted by Gasteiger charge is 2.57. The number of nitrogens with zero attached hydrogens (tertiary/aromatic N) is 4. The third kappa shape index (κ3) is 3.86. The summed E-state index contributed by atoms with van der Waals surface area (Å²) in [5.74, 6) is 4.32. The molecule has 9 heteroatoms. The van der Waals surface area contributed by atoms with Crippen LogP contribution in [0.5, 0.6) is 0 Å². The van der Waals surface area contributed by atoms with Gasteiger partial charge in [0.2, 0.25) is 5.91 Å². The van der Waals surface area contributed by atoms with Crippen molar-refractivity contribution in [3.63, 3.8) is 0 Å². The van der Waals surface area contributed by atoms with E-state index in [0.29, 0.717) is 0 Å². The first-order chi connectivity index (χ1) is 16.8. The van der Waals surface area contributed by atoms with Crippen molar-refractivity contribution in [1.82, 2.24) is 14.8 Å². The number of rotatable bonds is 3. The Hall–Kier alpha value is -4.03. The third-order valence-corrected chi connectivity index (χ3v) is 7.52. The average Bonchev–Trinajstić information content (AvgIpc) is 3.49. The molecule has 2 N–H and O–H groups in total. The molecule has 1 unspecified atom stereocenters. The fourth-order valence-corrected chi connectivity index (χ4v) is 5.76. The molecule has 0 spiro atoms. The summed E-state index contributed by atoms with van der Waals surface area (Å²) in [6, 6.07) is 9.47. The Balaban J connectivity index is 1.56. The largest absolute Gasteiger partial charge is 0.369 e. The summed E-state index contributed by atoms with van der Waals surface area (Å²) >= 11 is 1.46. The molecule has 1 aromatic carbocycles. The lowest BCUT2D eigenvalue weighted by Crippen LogP contribution is -2.54. The Morgan fingerprint density at radius 2 is 2.09 bits per heavy atom. The number of halogens is 1. The number of hydrogen-bond donors (Lipinski definition) is 1. The predicted molar refractivity (Wildman–Crippen MR) is 132 cm³/mol. The summed E-state index contributed by atoms with van der Waals surface area (Å²) < 4.78 is 13.8. The molecule has 2 atom stereocenters. The average molecular weight is 488 g/mol. The lowest BCUT2D eigenvalue weighted by atomic mass is 9.83. The molecule has 3 aromatic rings. The zero-order valence-electron chi connectivity index (χ0n) is 19.2. The van der Waals surface area contributed by atoms with Gasteiger partial charge in [-0.05, 0) is 48.2 Å². The maximum Gasteiger partial charge on any atom is 0.254 e. The van der Waals surface area contributed by atoms with E-state index >= 15 is 0 Å². The number of benzene rings is 1. The van der Waals surface area contributed by atoms with Crippen LogP contribution >= 0.6 is 11.3 Å². The molecule has 1 saturated heterocycles. The number of carbonyl (C=O) groups excluding carboxylic acids is 2. The highest BCUT2D eigenvalue weighted by atomic mass is 32.1. The molecular weight excluding hydrogens is 465 g/mol. The third-order valence-electron chi connectivity index (χ3n) is 6.42. The molecule has 4 heterocycles. The fraction of sp³-hybridized carbons (Fsp3) is 0.231. The summed E-state index contributed by atoms with van der Waals surface area (Å²) in [6.45, 7) is 2.09. The molecular formula is C26H22FN5O2S. The van der Waals surface area contributed by atoms with Gasteiger partial charge in [-0.15, -0.1) is 17.3 Å². The molecule has 0 radical (unpaired) electrons. The molecule has 0 bridgehead atoms. The highest BCUT2D eigenvalue weighted by molar-refractivity contribution is 7.10. The van der Waals surface area contributed by atoms with E-state index in [1.54, 1.807) is 37.3 Å². The first kappa shape index (κ1) is 22.7. The lowest BCUT2D eigenvalue weighted by molar-refractivity contribution is -0.132.